The van der Waals surface area contributed by atoms with Crippen LogP contribution in [0.2, 0.25) is 0 Å². The highest BCUT2D eigenvalue weighted by Crippen LogP contribution is 2.36. The zero-order valence-electron chi connectivity index (χ0n) is 11.1. The maximum absolute atomic E-state index is 6.06. The van der Waals surface area contributed by atoms with Crippen LogP contribution in [0.25, 0.3) is 0 Å². The number of nitrogens with one attached hydrogen (secondary N) is 1. The second-order valence-corrected chi connectivity index (χ2v) is 7.06. The van der Waals surface area contributed by atoms with Gasteiger partial charge in [0.05, 0.1) is 4.47 Å². The zero-order chi connectivity index (χ0) is 14.7. The first-order valence-electron chi connectivity index (χ1n) is 6.11. The van der Waals surface area contributed by atoms with Gasteiger partial charge in [-0.25, -0.2) is 0 Å². The van der Waals surface area contributed by atoms with Gasteiger partial charge in [0, 0.05) is 20.6 Å². The molecule has 0 aliphatic carbocycles. The maximum Gasteiger partial charge on any atom is 0.141 e. The van der Waals surface area contributed by atoms with E-state index in [0.717, 1.165) is 30.5 Å². The third-order valence-corrected chi connectivity index (χ3v) is 4.60. The standard InChI is InChI=1S/C15H14Br3NO/c1-9(19-2)12-5-3-11(17)8-15(12)20-14-6-4-10(16)7-13(14)18/h3-9,19H,1-2H3. The summed E-state index contributed by atoms with van der Waals surface area (Å²) in [6, 6.07) is 12.1. The van der Waals surface area contributed by atoms with E-state index in [4.69, 9.17) is 4.74 Å². The van der Waals surface area contributed by atoms with Gasteiger partial charge in [0.25, 0.3) is 0 Å². The molecule has 0 saturated carbocycles. The van der Waals surface area contributed by atoms with Crippen molar-refractivity contribution >= 4 is 47.8 Å². The minimum Gasteiger partial charge on any atom is -0.456 e. The Morgan fingerprint density at radius 2 is 1.60 bits per heavy atom. The highest BCUT2D eigenvalue weighted by atomic mass is 79.9. The van der Waals surface area contributed by atoms with E-state index in [2.05, 4.69) is 66.1 Å². The van der Waals surface area contributed by atoms with E-state index >= 15 is 0 Å². The summed E-state index contributed by atoms with van der Waals surface area (Å²) in [4.78, 5) is 0. The Bertz CT molecular complexity index is 616. The van der Waals surface area contributed by atoms with Gasteiger partial charge in [0.2, 0.25) is 0 Å². The highest BCUT2D eigenvalue weighted by molar-refractivity contribution is 9.11. The number of ether oxygens (including phenoxy) is 1. The molecule has 2 aromatic carbocycles. The van der Waals surface area contributed by atoms with Gasteiger partial charge in [-0.3, -0.25) is 0 Å². The van der Waals surface area contributed by atoms with Gasteiger partial charge in [-0.1, -0.05) is 37.9 Å². The predicted octanol–water partition coefficient (Wildman–Crippen LogP) is 6.05. The zero-order valence-corrected chi connectivity index (χ0v) is 15.8. The predicted molar refractivity (Wildman–Crippen MR) is 93.5 cm³/mol. The molecule has 5 heteroatoms. The first-order valence-corrected chi connectivity index (χ1v) is 8.48. The Kier molecular flexibility index (Phi) is 5.66. The van der Waals surface area contributed by atoms with Gasteiger partial charge in [0.15, 0.2) is 0 Å². The normalized spacial score (nSPS) is 12.2. The fraction of sp³-hybridized carbons (Fsp3) is 0.200. The molecule has 1 atom stereocenters. The van der Waals surface area contributed by atoms with E-state index in [1.807, 2.05) is 37.4 Å². The van der Waals surface area contributed by atoms with Crippen LogP contribution in [-0.2, 0) is 0 Å². The Hall–Kier alpha value is -0.360. The van der Waals surface area contributed by atoms with Crippen molar-refractivity contribution in [1.82, 2.24) is 5.32 Å². The number of hydrogen-bond donors (Lipinski definition) is 1. The van der Waals surface area contributed by atoms with E-state index in [1.54, 1.807) is 0 Å². The molecule has 2 aromatic rings. The lowest BCUT2D eigenvalue weighted by Gasteiger charge is -2.17. The van der Waals surface area contributed by atoms with Crippen molar-refractivity contribution in [3.8, 4) is 11.5 Å². The average Bonchev–Trinajstić information content (AvgIpc) is 2.41. The van der Waals surface area contributed by atoms with Crippen LogP contribution in [0.3, 0.4) is 0 Å². The largest absolute Gasteiger partial charge is 0.456 e. The molecule has 0 saturated heterocycles. The highest BCUT2D eigenvalue weighted by Gasteiger charge is 2.13. The van der Waals surface area contributed by atoms with Crippen molar-refractivity contribution in [2.24, 2.45) is 0 Å². The van der Waals surface area contributed by atoms with Crippen LogP contribution < -0.4 is 10.1 Å². The van der Waals surface area contributed by atoms with E-state index in [0.29, 0.717) is 0 Å². The van der Waals surface area contributed by atoms with E-state index < -0.39 is 0 Å². The molecule has 0 heterocycles. The Morgan fingerprint density at radius 3 is 2.25 bits per heavy atom. The molecular weight excluding hydrogens is 450 g/mol. The molecule has 0 aliphatic rings. The van der Waals surface area contributed by atoms with Crippen molar-refractivity contribution in [3.63, 3.8) is 0 Å². The van der Waals surface area contributed by atoms with Gasteiger partial charge < -0.3 is 10.1 Å². The summed E-state index contributed by atoms with van der Waals surface area (Å²) in [5, 5.41) is 3.24. The molecule has 2 nitrogen and oxygen atoms in total. The molecule has 0 bridgehead atoms. The number of benzene rings is 2. The quantitative estimate of drug-likeness (QED) is 0.596. The Labute approximate surface area is 144 Å². The third kappa shape index (κ3) is 3.85. The van der Waals surface area contributed by atoms with E-state index in [-0.39, 0.29) is 6.04 Å². The van der Waals surface area contributed by atoms with Crippen molar-refractivity contribution in [2.75, 3.05) is 7.05 Å². The molecule has 0 radical (unpaired) electrons. The second-order valence-electron chi connectivity index (χ2n) is 4.37. The summed E-state index contributed by atoms with van der Waals surface area (Å²) in [6.45, 7) is 2.10. The molecule has 106 valence electrons. The van der Waals surface area contributed by atoms with Gasteiger partial charge >= 0.3 is 0 Å². The third-order valence-electron chi connectivity index (χ3n) is 2.99. The smallest absolute Gasteiger partial charge is 0.141 e. The lowest BCUT2D eigenvalue weighted by atomic mass is 10.1. The van der Waals surface area contributed by atoms with Crippen LogP contribution in [0, 0.1) is 0 Å². The van der Waals surface area contributed by atoms with Crippen LogP contribution in [0.4, 0.5) is 0 Å². The molecule has 20 heavy (non-hydrogen) atoms. The van der Waals surface area contributed by atoms with Crippen LogP contribution in [0.15, 0.2) is 49.8 Å². The van der Waals surface area contributed by atoms with Crippen LogP contribution in [0.5, 0.6) is 11.5 Å². The van der Waals surface area contributed by atoms with Gasteiger partial charge in [-0.05, 0) is 60.2 Å². The minimum absolute atomic E-state index is 0.215. The summed E-state index contributed by atoms with van der Waals surface area (Å²) in [7, 11) is 1.94. The topological polar surface area (TPSA) is 21.3 Å². The first kappa shape index (κ1) is 16.0. The first-order chi connectivity index (χ1) is 9.51. The monoisotopic (exact) mass is 461 g/mol. The maximum atomic E-state index is 6.06. The Balaban J connectivity index is 2.39. The lowest BCUT2D eigenvalue weighted by molar-refractivity contribution is 0.463. The van der Waals surface area contributed by atoms with E-state index in [1.165, 1.54) is 0 Å². The number of rotatable bonds is 4. The van der Waals surface area contributed by atoms with Gasteiger partial charge in [0.1, 0.15) is 11.5 Å². The summed E-state index contributed by atoms with van der Waals surface area (Å²) >= 11 is 10.4. The number of hydrogen-bond acceptors (Lipinski definition) is 2. The van der Waals surface area contributed by atoms with Crippen molar-refractivity contribution < 1.29 is 4.74 Å². The molecule has 0 amide bonds. The molecule has 0 fully saturated rings. The van der Waals surface area contributed by atoms with Crippen molar-refractivity contribution in [2.45, 2.75) is 13.0 Å². The van der Waals surface area contributed by atoms with Crippen LogP contribution >= 0.6 is 47.8 Å². The molecule has 1 unspecified atom stereocenters. The summed E-state index contributed by atoms with van der Waals surface area (Å²) in [6.07, 6.45) is 0. The SMILES string of the molecule is CNC(C)c1ccc(Br)cc1Oc1ccc(Br)cc1Br. The molecule has 1 N–H and O–H groups in total. The van der Waals surface area contributed by atoms with Gasteiger partial charge in [-0.2, -0.15) is 0 Å². The van der Waals surface area contributed by atoms with Crippen LogP contribution in [0.1, 0.15) is 18.5 Å². The second kappa shape index (κ2) is 7.07. The van der Waals surface area contributed by atoms with Crippen molar-refractivity contribution in [1.29, 1.82) is 0 Å². The summed E-state index contributed by atoms with van der Waals surface area (Å²) < 4.78 is 8.98. The average molecular weight is 464 g/mol. The molecule has 0 spiro atoms. The van der Waals surface area contributed by atoms with Crippen LogP contribution in [-0.4, -0.2) is 7.05 Å². The molecule has 0 aromatic heterocycles. The Morgan fingerprint density at radius 1 is 0.950 bits per heavy atom. The summed E-state index contributed by atoms with van der Waals surface area (Å²) in [5.41, 5.74) is 1.12. The molecule has 2 rings (SSSR count). The van der Waals surface area contributed by atoms with E-state index in [9.17, 15) is 0 Å². The summed E-state index contributed by atoms with van der Waals surface area (Å²) in [5.74, 6) is 1.63. The molecule has 0 aliphatic heterocycles. The van der Waals surface area contributed by atoms with Gasteiger partial charge in [-0.15, -0.1) is 0 Å². The molecular formula is C15H14Br3NO. The lowest BCUT2D eigenvalue weighted by Crippen LogP contribution is -2.13. The van der Waals surface area contributed by atoms with Crippen molar-refractivity contribution in [3.05, 3.63) is 55.4 Å². The fourth-order valence-electron chi connectivity index (χ4n) is 1.79. The number of halogens is 3. The fourth-order valence-corrected chi connectivity index (χ4v) is 3.25. The minimum atomic E-state index is 0.215.